The Morgan fingerprint density at radius 2 is 2.10 bits per heavy atom. The quantitative estimate of drug-likeness (QED) is 0.878. The molecule has 1 aromatic carbocycles. The molecule has 0 aliphatic rings. The zero-order chi connectivity index (χ0) is 14.4. The van der Waals surface area contributed by atoms with Gasteiger partial charge >= 0.3 is 0 Å². The summed E-state index contributed by atoms with van der Waals surface area (Å²) in [6, 6.07) is 5.55. The molecule has 5 heteroatoms. The molecule has 1 heterocycles. The molecule has 0 saturated carbocycles. The Balaban J connectivity index is 1.93. The van der Waals surface area contributed by atoms with Crippen molar-refractivity contribution in [2.45, 2.75) is 26.9 Å². The first-order chi connectivity index (χ1) is 9.69. The fourth-order valence-electron chi connectivity index (χ4n) is 1.70. The largest absolute Gasteiger partial charge is 0.487 e. The molecule has 4 nitrogen and oxygen atoms in total. The second-order valence-electron chi connectivity index (χ2n) is 4.52. The van der Waals surface area contributed by atoms with Crippen molar-refractivity contribution < 1.29 is 4.74 Å². The van der Waals surface area contributed by atoms with Gasteiger partial charge in [0.05, 0.1) is 18.1 Å². The summed E-state index contributed by atoms with van der Waals surface area (Å²) in [6.07, 6.45) is 4.51. The minimum atomic E-state index is 0.392. The highest BCUT2D eigenvalue weighted by molar-refractivity contribution is 6.30. The van der Waals surface area contributed by atoms with Gasteiger partial charge in [0, 0.05) is 11.6 Å². The summed E-state index contributed by atoms with van der Waals surface area (Å²) in [5, 5.41) is 3.89. The molecule has 1 N–H and O–H groups in total. The Morgan fingerprint density at radius 1 is 1.25 bits per heavy atom. The smallest absolute Gasteiger partial charge is 0.144 e. The maximum atomic E-state index is 5.91. The number of aromatic nitrogens is 2. The summed E-state index contributed by atoms with van der Waals surface area (Å²) >= 11 is 5.91. The maximum absolute atomic E-state index is 5.91. The molecule has 0 unspecified atom stereocenters. The van der Waals surface area contributed by atoms with Crippen LogP contribution in [0.2, 0.25) is 5.02 Å². The van der Waals surface area contributed by atoms with Crippen molar-refractivity contribution in [1.29, 1.82) is 0 Å². The zero-order valence-corrected chi connectivity index (χ0v) is 12.4. The van der Waals surface area contributed by atoms with E-state index in [0.29, 0.717) is 11.6 Å². The number of nitrogens with one attached hydrogen (secondary N) is 1. The Hall–Kier alpha value is -1.81. The van der Waals surface area contributed by atoms with Gasteiger partial charge in [-0.3, -0.25) is 4.98 Å². The monoisotopic (exact) mass is 291 g/mol. The van der Waals surface area contributed by atoms with E-state index < -0.39 is 0 Å². The number of anilines is 1. The minimum Gasteiger partial charge on any atom is -0.487 e. The van der Waals surface area contributed by atoms with Gasteiger partial charge in [-0.1, -0.05) is 18.5 Å². The first kappa shape index (κ1) is 14.6. The molecule has 1 aromatic heterocycles. The number of hydrogen-bond acceptors (Lipinski definition) is 4. The molecular formula is C15H18ClN3O. The van der Waals surface area contributed by atoms with Crippen LogP contribution in [0, 0.1) is 6.92 Å². The average Bonchev–Trinajstić information content (AvgIpc) is 2.45. The van der Waals surface area contributed by atoms with Gasteiger partial charge in [-0.15, -0.1) is 0 Å². The van der Waals surface area contributed by atoms with E-state index in [1.54, 1.807) is 12.4 Å². The highest BCUT2D eigenvalue weighted by Gasteiger charge is 2.02. The lowest BCUT2D eigenvalue weighted by Gasteiger charge is -2.09. The van der Waals surface area contributed by atoms with Gasteiger partial charge in [0.2, 0.25) is 0 Å². The van der Waals surface area contributed by atoms with Crippen molar-refractivity contribution in [1.82, 2.24) is 9.97 Å². The van der Waals surface area contributed by atoms with E-state index in [0.717, 1.165) is 35.8 Å². The van der Waals surface area contributed by atoms with Crippen molar-refractivity contribution in [3.05, 3.63) is 46.9 Å². The highest BCUT2D eigenvalue weighted by atomic mass is 35.5. The van der Waals surface area contributed by atoms with Crippen LogP contribution in [0.4, 0.5) is 5.82 Å². The number of halogens is 1. The molecule has 0 bridgehead atoms. The number of benzene rings is 1. The predicted octanol–water partition coefficient (Wildman–Crippen LogP) is 3.84. The van der Waals surface area contributed by atoms with Crippen LogP contribution in [0.1, 0.15) is 24.6 Å². The van der Waals surface area contributed by atoms with Crippen LogP contribution in [0.25, 0.3) is 0 Å². The number of ether oxygens (including phenoxy) is 1. The van der Waals surface area contributed by atoms with E-state index in [4.69, 9.17) is 16.3 Å². The molecule has 0 aliphatic heterocycles. The lowest BCUT2D eigenvalue weighted by Crippen LogP contribution is -2.05. The summed E-state index contributed by atoms with van der Waals surface area (Å²) in [7, 11) is 0. The Morgan fingerprint density at radius 3 is 2.75 bits per heavy atom. The molecule has 0 aliphatic carbocycles. The summed E-state index contributed by atoms with van der Waals surface area (Å²) in [4.78, 5) is 8.61. The minimum absolute atomic E-state index is 0.392. The molecule has 0 fully saturated rings. The highest BCUT2D eigenvalue weighted by Crippen LogP contribution is 2.22. The van der Waals surface area contributed by atoms with Crippen LogP contribution >= 0.6 is 11.6 Å². The molecule has 0 saturated heterocycles. The Kier molecular flexibility index (Phi) is 5.18. The van der Waals surface area contributed by atoms with E-state index in [2.05, 4.69) is 22.2 Å². The molecule has 2 aromatic rings. The molecule has 0 radical (unpaired) electrons. The second kappa shape index (κ2) is 7.10. The Labute approximate surface area is 124 Å². The van der Waals surface area contributed by atoms with E-state index in [1.807, 2.05) is 25.1 Å². The molecule has 0 spiro atoms. The Bertz CT molecular complexity index is 558. The van der Waals surface area contributed by atoms with Gasteiger partial charge in [-0.25, -0.2) is 4.98 Å². The molecular weight excluding hydrogens is 274 g/mol. The molecule has 2 rings (SSSR count). The third kappa shape index (κ3) is 4.10. The SMILES string of the molecule is CCCNc1cnc(COc2ccc(Cl)cc2C)cn1. The third-order valence-corrected chi connectivity index (χ3v) is 3.01. The van der Waals surface area contributed by atoms with Crippen LogP contribution in [0.3, 0.4) is 0 Å². The summed E-state index contributed by atoms with van der Waals surface area (Å²) in [6.45, 7) is 5.36. The molecule has 20 heavy (non-hydrogen) atoms. The van der Waals surface area contributed by atoms with E-state index >= 15 is 0 Å². The van der Waals surface area contributed by atoms with Gasteiger partial charge in [-0.2, -0.15) is 0 Å². The van der Waals surface area contributed by atoms with Gasteiger partial charge in [-0.05, 0) is 37.1 Å². The van der Waals surface area contributed by atoms with Gasteiger partial charge in [0.1, 0.15) is 18.2 Å². The number of nitrogens with zero attached hydrogens (tertiary/aromatic N) is 2. The van der Waals surface area contributed by atoms with Crippen LogP contribution in [-0.2, 0) is 6.61 Å². The maximum Gasteiger partial charge on any atom is 0.144 e. The first-order valence-electron chi connectivity index (χ1n) is 6.62. The zero-order valence-electron chi connectivity index (χ0n) is 11.7. The van der Waals surface area contributed by atoms with Gasteiger partial charge < -0.3 is 10.1 Å². The average molecular weight is 292 g/mol. The van der Waals surface area contributed by atoms with E-state index in [1.165, 1.54) is 0 Å². The van der Waals surface area contributed by atoms with Crippen LogP contribution in [-0.4, -0.2) is 16.5 Å². The van der Waals surface area contributed by atoms with Crippen LogP contribution in [0.15, 0.2) is 30.6 Å². The fourth-order valence-corrected chi connectivity index (χ4v) is 1.93. The van der Waals surface area contributed by atoms with E-state index in [-0.39, 0.29) is 0 Å². The lowest BCUT2D eigenvalue weighted by molar-refractivity contribution is 0.299. The van der Waals surface area contributed by atoms with Crippen molar-refractivity contribution in [2.24, 2.45) is 0 Å². The second-order valence-corrected chi connectivity index (χ2v) is 4.95. The lowest BCUT2D eigenvalue weighted by atomic mass is 10.2. The summed E-state index contributed by atoms with van der Waals surface area (Å²) in [5.41, 5.74) is 1.80. The van der Waals surface area contributed by atoms with Crippen molar-refractivity contribution >= 4 is 17.4 Å². The fraction of sp³-hybridized carbons (Fsp3) is 0.333. The van der Waals surface area contributed by atoms with Gasteiger partial charge in [0.15, 0.2) is 0 Å². The number of aryl methyl sites for hydroxylation is 1. The molecule has 0 amide bonds. The third-order valence-electron chi connectivity index (χ3n) is 2.77. The summed E-state index contributed by atoms with van der Waals surface area (Å²) < 4.78 is 5.72. The molecule has 106 valence electrons. The normalized spacial score (nSPS) is 10.3. The van der Waals surface area contributed by atoms with Crippen molar-refractivity contribution in [3.8, 4) is 5.75 Å². The van der Waals surface area contributed by atoms with Gasteiger partial charge in [0.25, 0.3) is 0 Å². The predicted molar refractivity (Wildman–Crippen MR) is 81.3 cm³/mol. The standard InChI is InChI=1S/C15H18ClN3O/c1-3-6-17-15-9-18-13(8-19-15)10-20-14-5-4-12(16)7-11(14)2/h4-5,7-9H,3,6,10H2,1-2H3,(H,17,19). The summed E-state index contributed by atoms with van der Waals surface area (Å²) in [5.74, 6) is 1.60. The van der Waals surface area contributed by atoms with Crippen LogP contribution < -0.4 is 10.1 Å². The van der Waals surface area contributed by atoms with Crippen molar-refractivity contribution in [2.75, 3.05) is 11.9 Å². The van der Waals surface area contributed by atoms with Crippen LogP contribution in [0.5, 0.6) is 5.75 Å². The van der Waals surface area contributed by atoms with E-state index in [9.17, 15) is 0 Å². The number of rotatable bonds is 6. The number of hydrogen-bond donors (Lipinski definition) is 1. The topological polar surface area (TPSA) is 47.0 Å². The first-order valence-corrected chi connectivity index (χ1v) is 7.00. The van der Waals surface area contributed by atoms with Crippen molar-refractivity contribution in [3.63, 3.8) is 0 Å². The molecule has 0 atom stereocenters.